The summed E-state index contributed by atoms with van der Waals surface area (Å²) in [4.78, 5) is 14.3. The summed E-state index contributed by atoms with van der Waals surface area (Å²) in [6.07, 6.45) is 1.58. The van der Waals surface area contributed by atoms with E-state index in [1.165, 1.54) is 5.69 Å². The van der Waals surface area contributed by atoms with E-state index < -0.39 is 6.09 Å². The molecule has 0 spiro atoms. The molecule has 1 amide bonds. The summed E-state index contributed by atoms with van der Waals surface area (Å²) in [5.41, 5.74) is 5.55. The second kappa shape index (κ2) is 8.80. The quantitative estimate of drug-likeness (QED) is 0.577. The van der Waals surface area contributed by atoms with E-state index in [4.69, 9.17) is 9.47 Å². The fourth-order valence-corrected chi connectivity index (χ4v) is 4.50. The molecular weight excluding hydrogens is 416 g/mol. The number of amides is 1. The molecule has 1 aliphatic carbocycles. The molecule has 1 aromatic heterocycles. The van der Waals surface area contributed by atoms with E-state index in [1.54, 1.807) is 0 Å². The van der Waals surface area contributed by atoms with Crippen LogP contribution in [0.25, 0.3) is 22.2 Å². The Labute approximate surface area is 193 Å². The summed E-state index contributed by atoms with van der Waals surface area (Å²) >= 11 is 0. The molecule has 3 aromatic rings. The second-order valence-electron chi connectivity index (χ2n) is 8.89. The molecule has 170 valence electrons. The van der Waals surface area contributed by atoms with Crippen LogP contribution < -0.4 is 10.2 Å². The minimum absolute atomic E-state index is 0.181. The topological polar surface area (TPSA) is 79.5 Å². The Kier molecular flexibility index (Phi) is 5.69. The monoisotopic (exact) mass is 444 g/mol. The summed E-state index contributed by atoms with van der Waals surface area (Å²) in [5.74, 6) is 0. The number of benzene rings is 2. The van der Waals surface area contributed by atoms with Crippen LogP contribution >= 0.6 is 0 Å². The fraction of sp³-hybridized carbons (Fsp3) is 0.385. The molecule has 2 fully saturated rings. The van der Waals surface area contributed by atoms with Crippen LogP contribution in [0.5, 0.6) is 0 Å². The number of nitrogens with zero attached hydrogens (tertiary/aromatic N) is 3. The highest BCUT2D eigenvalue weighted by atomic mass is 16.6. The molecule has 1 aliphatic heterocycles. The number of fused-ring (bicyclic) bond motifs is 1. The van der Waals surface area contributed by atoms with Crippen LogP contribution in [-0.4, -0.2) is 43.1 Å². The van der Waals surface area contributed by atoms with Crippen molar-refractivity contribution in [3.63, 3.8) is 0 Å². The maximum absolute atomic E-state index is 11.9. The van der Waals surface area contributed by atoms with Crippen LogP contribution in [0.3, 0.4) is 0 Å². The van der Waals surface area contributed by atoms with Gasteiger partial charge in [0, 0.05) is 35.9 Å². The molecule has 1 saturated heterocycles. The highest BCUT2D eigenvalue weighted by Crippen LogP contribution is 2.45. The first-order chi connectivity index (χ1) is 16.0. The zero-order valence-electron chi connectivity index (χ0n) is 19.0. The van der Waals surface area contributed by atoms with Crippen LogP contribution in [-0.2, 0) is 9.47 Å². The number of hydrogen-bond donors (Lipinski definition) is 1. The SMILES string of the molecule is CC(C)OC(=O)Nc1ccc(-c2c(C#N)c3ccc(N4CCOCC4)cc3n2C2CC2)cc1. The summed E-state index contributed by atoms with van der Waals surface area (Å²) in [7, 11) is 0. The van der Waals surface area contributed by atoms with Gasteiger partial charge in [-0.1, -0.05) is 12.1 Å². The number of aromatic nitrogens is 1. The standard InChI is InChI=1S/C26H28N4O3/c1-17(2)33-26(31)28-19-5-3-18(4-6-19)25-23(16-27)22-10-9-21(29-11-13-32-14-12-29)15-24(22)30(25)20-7-8-20/h3-6,9-10,15,17,20H,7-8,11-14H2,1-2H3,(H,28,31). The van der Waals surface area contributed by atoms with Crippen molar-refractivity contribution in [2.75, 3.05) is 36.5 Å². The fourth-order valence-electron chi connectivity index (χ4n) is 4.50. The molecule has 2 heterocycles. The zero-order valence-corrected chi connectivity index (χ0v) is 19.0. The Balaban J connectivity index is 1.54. The van der Waals surface area contributed by atoms with Crippen molar-refractivity contribution in [1.82, 2.24) is 4.57 Å². The minimum Gasteiger partial charge on any atom is -0.447 e. The van der Waals surface area contributed by atoms with Gasteiger partial charge in [0.25, 0.3) is 0 Å². The molecule has 7 nitrogen and oxygen atoms in total. The maximum Gasteiger partial charge on any atom is 0.411 e. The molecular formula is C26H28N4O3. The van der Waals surface area contributed by atoms with Gasteiger partial charge in [0.2, 0.25) is 0 Å². The Morgan fingerprint density at radius 3 is 2.52 bits per heavy atom. The lowest BCUT2D eigenvalue weighted by Gasteiger charge is -2.29. The average molecular weight is 445 g/mol. The molecule has 2 aliphatic rings. The molecule has 7 heteroatoms. The molecule has 33 heavy (non-hydrogen) atoms. The van der Waals surface area contributed by atoms with Crippen LogP contribution in [0, 0.1) is 11.3 Å². The van der Waals surface area contributed by atoms with E-state index in [2.05, 4.69) is 39.1 Å². The molecule has 0 bridgehead atoms. The lowest BCUT2D eigenvalue weighted by Crippen LogP contribution is -2.36. The van der Waals surface area contributed by atoms with Gasteiger partial charge in [0.15, 0.2) is 0 Å². The highest BCUT2D eigenvalue weighted by Gasteiger charge is 2.31. The molecule has 2 aromatic carbocycles. The summed E-state index contributed by atoms with van der Waals surface area (Å²) in [5, 5.41) is 13.8. The molecule has 1 N–H and O–H groups in total. The van der Waals surface area contributed by atoms with Gasteiger partial charge in [-0.15, -0.1) is 0 Å². The third-order valence-electron chi connectivity index (χ3n) is 6.14. The Bertz CT molecular complexity index is 1210. The normalized spacial score (nSPS) is 16.1. The van der Waals surface area contributed by atoms with Gasteiger partial charge in [-0.05, 0) is 62.6 Å². The van der Waals surface area contributed by atoms with E-state index in [1.807, 2.05) is 38.1 Å². The number of nitrogens with one attached hydrogen (secondary N) is 1. The highest BCUT2D eigenvalue weighted by molar-refractivity contribution is 5.97. The molecule has 1 saturated carbocycles. The van der Waals surface area contributed by atoms with Crippen LogP contribution in [0.1, 0.15) is 38.3 Å². The molecule has 0 unspecified atom stereocenters. The predicted molar refractivity (Wildman–Crippen MR) is 129 cm³/mol. The van der Waals surface area contributed by atoms with Crippen molar-refractivity contribution >= 4 is 28.4 Å². The van der Waals surface area contributed by atoms with Crippen molar-refractivity contribution in [3.8, 4) is 17.3 Å². The summed E-state index contributed by atoms with van der Waals surface area (Å²) in [6.45, 7) is 6.85. The van der Waals surface area contributed by atoms with E-state index in [0.29, 0.717) is 17.3 Å². The molecule has 0 atom stereocenters. The molecule has 0 radical (unpaired) electrons. The Hall–Kier alpha value is -3.50. The number of hydrogen-bond acceptors (Lipinski definition) is 5. The number of carbonyl (C=O) groups is 1. The zero-order chi connectivity index (χ0) is 22.9. The number of rotatable bonds is 5. The Morgan fingerprint density at radius 1 is 1.15 bits per heavy atom. The summed E-state index contributed by atoms with van der Waals surface area (Å²) in [6, 6.07) is 16.9. The number of nitriles is 1. The number of morpholine rings is 1. The maximum atomic E-state index is 11.9. The third kappa shape index (κ3) is 4.27. The lowest BCUT2D eigenvalue weighted by atomic mass is 10.1. The second-order valence-corrected chi connectivity index (χ2v) is 8.89. The van der Waals surface area contributed by atoms with Crippen LogP contribution in [0.2, 0.25) is 0 Å². The van der Waals surface area contributed by atoms with Gasteiger partial charge in [0.1, 0.15) is 6.07 Å². The predicted octanol–water partition coefficient (Wildman–Crippen LogP) is 5.31. The van der Waals surface area contributed by atoms with E-state index in [0.717, 1.165) is 61.3 Å². The van der Waals surface area contributed by atoms with Gasteiger partial charge < -0.3 is 18.9 Å². The summed E-state index contributed by atoms with van der Waals surface area (Å²) < 4.78 is 13.0. The largest absolute Gasteiger partial charge is 0.447 e. The first-order valence-electron chi connectivity index (χ1n) is 11.5. The van der Waals surface area contributed by atoms with Crippen LogP contribution in [0.4, 0.5) is 16.2 Å². The number of carbonyl (C=O) groups excluding carboxylic acids is 1. The van der Waals surface area contributed by atoms with Crippen molar-refractivity contribution < 1.29 is 14.3 Å². The Morgan fingerprint density at radius 2 is 1.88 bits per heavy atom. The third-order valence-corrected chi connectivity index (χ3v) is 6.14. The average Bonchev–Trinajstić information content (AvgIpc) is 3.60. The van der Waals surface area contributed by atoms with E-state index >= 15 is 0 Å². The van der Waals surface area contributed by atoms with Crippen molar-refractivity contribution in [1.29, 1.82) is 5.26 Å². The smallest absolute Gasteiger partial charge is 0.411 e. The van der Waals surface area contributed by atoms with Gasteiger partial charge >= 0.3 is 6.09 Å². The van der Waals surface area contributed by atoms with E-state index in [-0.39, 0.29) is 6.10 Å². The van der Waals surface area contributed by atoms with Crippen molar-refractivity contribution in [2.24, 2.45) is 0 Å². The van der Waals surface area contributed by atoms with Gasteiger partial charge in [-0.2, -0.15) is 5.26 Å². The van der Waals surface area contributed by atoms with Gasteiger partial charge in [-0.25, -0.2) is 4.79 Å². The van der Waals surface area contributed by atoms with E-state index in [9.17, 15) is 10.1 Å². The van der Waals surface area contributed by atoms with Crippen LogP contribution in [0.15, 0.2) is 42.5 Å². The lowest BCUT2D eigenvalue weighted by molar-refractivity contribution is 0.122. The number of ether oxygens (including phenoxy) is 2. The first kappa shape index (κ1) is 21.4. The van der Waals surface area contributed by atoms with Gasteiger partial charge in [-0.3, -0.25) is 5.32 Å². The van der Waals surface area contributed by atoms with Crippen molar-refractivity contribution in [3.05, 3.63) is 48.0 Å². The number of anilines is 2. The van der Waals surface area contributed by atoms with Crippen molar-refractivity contribution in [2.45, 2.75) is 38.8 Å². The first-order valence-corrected chi connectivity index (χ1v) is 11.5. The van der Waals surface area contributed by atoms with Gasteiger partial charge in [0.05, 0.1) is 36.1 Å². The minimum atomic E-state index is -0.474. The molecule has 5 rings (SSSR count).